The first-order valence-electron chi connectivity index (χ1n) is 7.04. The smallest absolute Gasteiger partial charge is 0.129 e. The number of nitrogen functional groups attached to an aromatic ring is 1. The molecule has 0 fully saturated rings. The highest BCUT2D eigenvalue weighted by atomic mass is 15.3. The molecular formula is C18H19N3. The summed E-state index contributed by atoms with van der Waals surface area (Å²) in [6.07, 6.45) is 0. The molecule has 3 aromatic rings. The van der Waals surface area contributed by atoms with E-state index in [0.29, 0.717) is 5.82 Å². The van der Waals surface area contributed by atoms with Gasteiger partial charge in [0.05, 0.1) is 5.56 Å². The predicted octanol–water partition coefficient (Wildman–Crippen LogP) is 3.95. The van der Waals surface area contributed by atoms with Crippen LogP contribution >= 0.6 is 0 Å². The predicted molar refractivity (Wildman–Crippen MR) is 88.0 cm³/mol. The van der Waals surface area contributed by atoms with Crippen LogP contribution < -0.4 is 5.73 Å². The summed E-state index contributed by atoms with van der Waals surface area (Å²) in [4.78, 5) is 0. The standard InChI is InChI=1S/C18H19N3/c1-12-8-7-11-15(13(12)2)17-16(18(19)21(3)20-17)14-9-5-4-6-10-14/h4-11H,19H2,1-3H3. The minimum Gasteiger partial charge on any atom is -0.383 e. The van der Waals surface area contributed by atoms with E-state index in [-0.39, 0.29) is 0 Å². The van der Waals surface area contributed by atoms with Gasteiger partial charge in [-0.25, -0.2) is 0 Å². The van der Waals surface area contributed by atoms with Gasteiger partial charge in [-0.2, -0.15) is 5.10 Å². The fourth-order valence-corrected chi connectivity index (χ4v) is 2.62. The normalized spacial score (nSPS) is 10.8. The number of aryl methyl sites for hydroxylation is 2. The van der Waals surface area contributed by atoms with E-state index in [2.05, 4.69) is 49.3 Å². The third-order valence-corrected chi connectivity index (χ3v) is 4.01. The highest BCUT2D eigenvalue weighted by molar-refractivity contribution is 5.89. The second-order valence-electron chi connectivity index (χ2n) is 5.35. The monoisotopic (exact) mass is 277 g/mol. The maximum absolute atomic E-state index is 6.26. The lowest BCUT2D eigenvalue weighted by molar-refractivity contribution is 0.782. The van der Waals surface area contributed by atoms with Crippen LogP contribution in [0.2, 0.25) is 0 Å². The van der Waals surface area contributed by atoms with Crippen molar-refractivity contribution in [2.24, 2.45) is 7.05 Å². The molecule has 0 atom stereocenters. The Kier molecular flexibility index (Phi) is 3.26. The summed E-state index contributed by atoms with van der Waals surface area (Å²) >= 11 is 0. The minimum absolute atomic E-state index is 0.692. The molecule has 0 radical (unpaired) electrons. The molecule has 3 rings (SSSR count). The van der Waals surface area contributed by atoms with Gasteiger partial charge < -0.3 is 5.73 Å². The Morgan fingerprint density at radius 2 is 1.67 bits per heavy atom. The third-order valence-electron chi connectivity index (χ3n) is 4.01. The summed E-state index contributed by atoms with van der Waals surface area (Å²) in [7, 11) is 1.89. The van der Waals surface area contributed by atoms with Crippen molar-refractivity contribution in [2.45, 2.75) is 13.8 Å². The molecule has 2 N–H and O–H groups in total. The number of anilines is 1. The average molecular weight is 277 g/mol. The molecule has 0 aliphatic carbocycles. The van der Waals surface area contributed by atoms with Crippen LogP contribution in [-0.2, 0) is 7.05 Å². The van der Waals surface area contributed by atoms with Crippen molar-refractivity contribution in [1.82, 2.24) is 9.78 Å². The van der Waals surface area contributed by atoms with E-state index in [0.717, 1.165) is 22.4 Å². The number of rotatable bonds is 2. The molecule has 3 heteroatoms. The van der Waals surface area contributed by atoms with Crippen molar-refractivity contribution < 1.29 is 0 Å². The molecule has 0 amide bonds. The largest absolute Gasteiger partial charge is 0.383 e. The fraction of sp³-hybridized carbons (Fsp3) is 0.167. The van der Waals surface area contributed by atoms with E-state index in [9.17, 15) is 0 Å². The van der Waals surface area contributed by atoms with Gasteiger partial charge in [0.15, 0.2) is 0 Å². The second-order valence-corrected chi connectivity index (χ2v) is 5.35. The second kappa shape index (κ2) is 5.09. The summed E-state index contributed by atoms with van der Waals surface area (Å²) in [6.45, 7) is 4.25. The number of hydrogen-bond acceptors (Lipinski definition) is 2. The highest BCUT2D eigenvalue weighted by Crippen LogP contribution is 2.37. The lowest BCUT2D eigenvalue weighted by atomic mass is 9.96. The van der Waals surface area contributed by atoms with Crippen LogP contribution in [0.25, 0.3) is 22.4 Å². The van der Waals surface area contributed by atoms with Crippen LogP contribution in [0.15, 0.2) is 48.5 Å². The molecular weight excluding hydrogens is 258 g/mol. The van der Waals surface area contributed by atoms with E-state index in [1.807, 2.05) is 25.2 Å². The van der Waals surface area contributed by atoms with E-state index in [4.69, 9.17) is 5.73 Å². The van der Waals surface area contributed by atoms with Crippen LogP contribution in [0.3, 0.4) is 0 Å². The van der Waals surface area contributed by atoms with Gasteiger partial charge in [-0.05, 0) is 30.5 Å². The number of aromatic nitrogens is 2. The van der Waals surface area contributed by atoms with Gasteiger partial charge in [0.25, 0.3) is 0 Å². The Labute approximate surface area is 125 Å². The maximum atomic E-state index is 6.26. The topological polar surface area (TPSA) is 43.8 Å². The lowest BCUT2D eigenvalue weighted by Crippen LogP contribution is -1.97. The van der Waals surface area contributed by atoms with Crippen molar-refractivity contribution in [1.29, 1.82) is 0 Å². The molecule has 0 spiro atoms. The van der Waals surface area contributed by atoms with Crippen molar-refractivity contribution >= 4 is 5.82 Å². The Morgan fingerprint density at radius 1 is 0.952 bits per heavy atom. The Hall–Kier alpha value is -2.55. The zero-order chi connectivity index (χ0) is 15.0. The number of nitrogens with zero attached hydrogens (tertiary/aromatic N) is 2. The van der Waals surface area contributed by atoms with E-state index >= 15 is 0 Å². The molecule has 0 bridgehead atoms. The third kappa shape index (κ3) is 2.21. The zero-order valence-corrected chi connectivity index (χ0v) is 12.6. The SMILES string of the molecule is Cc1cccc(-c2nn(C)c(N)c2-c2ccccc2)c1C. The molecule has 2 aromatic carbocycles. The first kappa shape index (κ1) is 13.4. The molecule has 0 saturated carbocycles. The molecule has 106 valence electrons. The summed E-state index contributed by atoms with van der Waals surface area (Å²) in [5.41, 5.74) is 13.0. The van der Waals surface area contributed by atoms with Gasteiger partial charge in [0, 0.05) is 12.6 Å². The van der Waals surface area contributed by atoms with Crippen molar-refractivity contribution in [2.75, 3.05) is 5.73 Å². The summed E-state index contributed by atoms with van der Waals surface area (Å²) in [5.74, 6) is 0.692. The van der Waals surface area contributed by atoms with Gasteiger partial charge in [-0.1, -0.05) is 48.5 Å². The maximum Gasteiger partial charge on any atom is 0.129 e. The van der Waals surface area contributed by atoms with E-state index in [1.54, 1.807) is 4.68 Å². The molecule has 3 nitrogen and oxygen atoms in total. The van der Waals surface area contributed by atoms with Crippen molar-refractivity contribution in [3.63, 3.8) is 0 Å². The van der Waals surface area contributed by atoms with E-state index in [1.165, 1.54) is 11.1 Å². The van der Waals surface area contributed by atoms with Gasteiger partial charge in [0.2, 0.25) is 0 Å². The van der Waals surface area contributed by atoms with Gasteiger partial charge >= 0.3 is 0 Å². The van der Waals surface area contributed by atoms with Crippen LogP contribution in [0.1, 0.15) is 11.1 Å². The first-order valence-corrected chi connectivity index (χ1v) is 7.04. The van der Waals surface area contributed by atoms with E-state index < -0.39 is 0 Å². The Morgan fingerprint density at radius 3 is 2.38 bits per heavy atom. The fourth-order valence-electron chi connectivity index (χ4n) is 2.62. The Bertz CT molecular complexity index is 786. The van der Waals surface area contributed by atoms with Gasteiger partial charge in [0.1, 0.15) is 11.5 Å². The molecule has 1 heterocycles. The van der Waals surface area contributed by atoms with Gasteiger partial charge in [-0.15, -0.1) is 0 Å². The number of nitrogens with two attached hydrogens (primary N) is 1. The lowest BCUT2D eigenvalue weighted by Gasteiger charge is -2.09. The molecule has 1 aromatic heterocycles. The van der Waals surface area contributed by atoms with Crippen LogP contribution in [0, 0.1) is 13.8 Å². The highest BCUT2D eigenvalue weighted by Gasteiger charge is 2.18. The van der Waals surface area contributed by atoms with Crippen LogP contribution in [0.5, 0.6) is 0 Å². The van der Waals surface area contributed by atoms with Crippen LogP contribution in [-0.4, -0.2) is 9.78 Å². The molecule has 21 heavy (non-hydrogen) atoms. The molecule has 0 unspecified atom stereocenters. The summed E-state index contributed by atoms with van der Waals surface area (Å²) in [6, 6.07) is 16.5. The van der Waals surface area contributed by atoms with Crippen molar-refractivity contribution in [3.05, 3.63) is 59.7 Å². The van der Waals surface area contributed by atoms with Gasteiger partial charge in [-0.3, -0.25) is 4.68 Å². The average Bonchev–Trinajstić information content (AvgIpc) is 2.78. The zero-order valence-electron chi connectivity index (χ0n) is 12.6. The van der Waals surface area contributed by atoms with Crippen LogP contribution in [0.4, 0.5) is 5.82 Å². The molecule has 0 aliphatic heterocycles. The summed E-state index contributed by atoms with van der Waals surface area (Å²) < 4.78 is 1.75. The molecule has 0 aliphatic rings. The quantitative estimate of drug-likeness (QED) is 0.770. The minimum atomic E-state index is 0.692. The number of hydrogen-bond donors (Lipinski definition) is 1. The number of benzene rings is 2. The molecule has 0 saturated heterocycles. The summed E-state index contributed by atoms with van der Waals surface area (Å²) in [5, 5.41) is 4.65. The first-order chi connectivity index (χ1) is 10.1. The van der Waals surface area contributed by atoms with Crippen molar-refractivity contribution in [3.8, 4) is 22.4 Å². The Balaban J connectivity index is 2.30.